The molecule has 1 aliphatic rings. The van der Waals surface area contributed by atoms with Crippen molar-refractivity contribution in [1.82, 2.24) is 14.2 Å². The van der Waals surface area contributed by atoms with Crippen LogP contribution in [0.5, 0.6) is 0 Å². The molecule has 0 saturated carbocycles. The summed E-state index contributed by atoms with van der Waals surface area (Å²) in [7, 11) is 0. The van der Waals surface area contributed by atoms with Gasteiger partial charge in [-0.2, -0.15) is 0 Å². The number of ketones is 1. The maximum absolute atomic E-state index is 12.7. The molecule has 0 fully saturated rings. The molecule has 0 atom stereocenters. The van der Waals surface area contributed by atoms with Crippen molar-refractivity contribution >= 4 is 11.4 Å². The number of rotatable bonds is 3. The van der Waals surface area contributed by atoms with Crippen LogP contribution in [0.1, 0.15) is 41.4 Å². The summed E-state index contributed by atoms with van der Waals surface area (Å²) >= 11 is 0. The number of benzene rings is 2. The molecule has 2 aromatic heterocycles. The minimum Gasteiger partial charge on any atom is -0.309 e. The Morgan fingerprint density at radius 3 is 2.43 bits per heavy atom. The van der Waals surface area contributed by atoms with Gasteiger partial charge in [-0.3, -0.25) is 4.79 Å². The van der Waals surface area contributed by atoms with E-state index >= 15 is 0 Å². The fraction of sp³-hybridized carbons (Fsp3) is 0.250. The van der Waals surface area contributed by atoms with Gasteiger partial charge in [0.15, 0.2) is 11.6 Å². The molecule has 2 aromatic carbocycles. The van der Waals surface area contributed by atoms with Crippen LogP contribution < -0.4 is 0 Å². The third-order valence-corrected chi connectivity index (χ3v) is 5.69. The summed E-state index contributed by atoms with van der Waals surface area (Å²) in [5.74, 6) is 1.00. The molecular weight excluding hydrogens is 346 g/mol. The Morgan fingerprint density at radius 1 is 0.964 bits per heavy atom. The van der Waals surface area contributed by atoms with Gasteiger partial charge in [0.1, 0.15) is 11.3 Å². The maximum atomic E-state index is 12.7. The van der Waals surface area contributed by atoms with Crippen LogP contribution in [0.2, 0.25) is 0 Å². The number of hydrogen-bond acceptors (Lipinski definition) is 2. The third-order valence-electron chi connectivity index (χ3n) is 5.69. The van der Waals surface area contributed by atoms with E-state index in [1.807, 2.05) is 22.7 Å². The third kappa shape index (κ3) is 2.52. The summed E-state index contributed by atoms with van der Waals surface area (Å²) in [6.45, 7) is 4.66. The largest absolute Gasteiger partial charge is 0.309 e. The van der Waals surface area contributed by atoms with E-state index < -0.39 is 0 Å². The van der Waals surface area contributed by atoms with Gasteiger partial charge in [0.25, 0.3) is 0 Å². The van der Waals surface area contributed by atoms with Gasteiger partial charge in [0.2, 0.25) is 0 Å². The molecule has 4 nitrogen and oxygen atoms in total. The van der Waals surface area contributed by atoms with Crippen LogP contribution in [0.15, 0.2) is 54.6 Å². The molecular formula is C24H23N3O. The summed E-state index contributed by atoms with van der Waals surface area (Å²) in [4.78, 5) is 12.7. The van der Waals surface area contributed by atoms with Gasteiger partial charge in [0, 0.05) is 30.2 Å². The van der Waals surface area contributed by atoms with E-state index in [9.17, 15) is 4.79 Å². The topological polar surface area (TPSA) is 39.3 Å². The number of carbonyl (C=O) groups excluding carboxylic acids is 1. The van der Waals surface area contributed by atoms with Crippen LogP contribution in [0.3, 0.4) is 0 Å². The first-order valence-electron chi connectivity index (χ1n) is 9.92. The average molecular weight is 369 g/mol. The van der Waals surface area contributed by atoms with Crippen molar-refractivity contribution in [2.75, 3.05) is 0 Å². The molecule has 0 bridgehead atoms. The van der Waals surface area contributed by atoms with Crippen molar-refractivity contribution in [3.63, 3.8) is 0 Å². The summed E-state index contributed by atoms with van der Waals surface area (Å²) < 4.78 is 4.21. The molecule has 5 rings (SSSR count). The van der Waals surface area contributed by atoms with E-state index in [1.165, 1.54) is 11.1 Å². The lowest BCUT2D eigenvalue weighted by molar-refractivity contribution is 0.101. The van der Waals surface area contributed by atoms with E-state index in [0.717, 1.165) is 54.0 Å². The Hall–Kier alpha value is -3.14. The van der Waals surface area contributed by atoms with E-state index in [-0.39, 0.29) is 5.78 Å². The molecule has 3 heterocycles. The van der Waals surface area contributed by atoms with E-state index in [1.54, 1.807) is 6.92 Å². The van der Waals surface area contributed by atoms with Crippen LogP contribution in [0, 0.1) is 6.92 Å². The standard InChI is InChI=1S/C24H23N3O/c1-16-11-13-19(14-12-16)23-25-27-22(17(2)28)21(18-8-4-3-5-9-18)20-10-6-7-15-26(23)24(20)27/h3-5,8-9,11-14H,6-7,10,15H2,1-2H3. The lowest BCUT2D eigenvalue weighted by Crippen LogP contribution is -2.02. The predicted octanol–water partition coefficient (Wildman–Crippen LogP) is 5.32. The predicted molar refractivity (Wildman–Crippen MR) is 112 cm³/mol. The highest BCUT2D eigenvalue weighted by atomic mass is 16.1. The zero-order valence-electron chi connectivity index (χ0n) is 16.3. The number of aryl methyl sites for hydroxylation is 3. The van der Waals surface area contributed by atoms with Crippen LogP contribution in [-0.4, -0.2) is 20.0 Å². The molecule has 0 amide bonds. The fourth-order valence-electron chi connectivity index (χ4n) is 4.40. The van der Waals surface area contributed by atoms with E-state index in [2.05, 4.69) is 47.9 Å². The van der Waals surface area contributed by atoms with Gasteiger partial charge in [-0.1, -0.05) is 60.2 Å². The molecule has 0 unspecified atom stereocenters. The van der Waals surface area contributed by atoms with Crippen LogP contribution in [-0.2, 0) is 13.0 Å². The fourth-order valence-corrected chi connectivity index (χ4v) is 4.40. The van der Waals surface area contributed by atoms with Crippen molar-refractivity contribution in [2.45, 2.75) is 39.7 Å². The molecule has 0 aliphatic carbocycles. The highest BCUT2D eigenvalue weighted by Gasteiger charge is 2.29. The SMILES string of the molecule is CC(=O)c1c(-c2ccccc2)c2c3n(c(-c4ccc(C)cc4)nn13)CCCC2. The van der Waals surface area contributed by atoms with Crippen molar-refractivity contribution < 1.29 is 4.79 Å². The first-order chi connectivity index (χ1) is 13.6. The van der Waals surface area contributed by atoms with Crippen molar-refractivity contribution in [2.24, 2.45) is 0 Å². The highest BCUT2D eigenvalue weighted by Crippen LogP contribution is 2.38. The average Bonchev–Trinajstić information content (AvgIpc) is 3.12. The number of nitrogens with zero attached hydrogens (tertiary/aromatic N) is 3. The Labute approximate surface area is 164 Å². The molecule has 28 heavy (non-hydrogen) atoms. The van der Waals surface area contributed by atoms with Gasteiger partial charge in [0.05, 0.1) is 0 Å². The monoisotopic (exact) mass is 369 g/mol. The molecule has 0 saturated heterocycles. The first kappa shape index (κ1) is 17.0. The summed E-state index contributed by atoms with van der Waals surface area (Å²) in [5.41, 5.74) is 7.51. The van der Waals surface area contributed by atoms with Gasteiger partial charge in [-0.05, 0) is 31.7 Å². The van der Waals surface area contributed by atoms with Crippen LogP contribution in [0.4, 0.5) is 0 Å². The molecule has 4 aromatic rings. The number of aromatic nitrogens is 3. The number of hydrogen-bond donors (Lipinski definition) is 0. The Bertz CT molecular complexity index is 1180. The molecule has 0 N–H and O–H groups in total. The highest BCUT2D eigenvalue weighted by molar-refractivity contribution is 6.02. The first-order valence-corrected chi connectivity index (χ1v) is 9.92. The van der Waals surface area contributed by atoms with Gasteiger partial charge >= 0.3 is 0 Å². The molecule has 140 valence electrons. The maximum Gasteiger partial charge on any atom is 0.178 e. The molecule has 4 heteroatoms. The second kappa shape index (κ2) is 6.48. The summed E-state index contributed by atoms with van der Waals surface area (Å²) in [6, 6.07) is 18.7. The molecule has 0 radical (unpaired) electrons. The van der Waals surface area contributed by atoms with Gasteiger partial charge < -0.3 is 4.57 Å². The minimum atomic E-state index is 0.0563. The van der Waals surface area contributed by atoms with Crippen LogP contribution in [0.25, 0.3) is 28.2 Å². The van der Waals surface area contributed by atoms with Crippen LogP contribution >= 0.6 is 0 Å². The number of carbonyl (C=O) groups is 1. The second-order valence-electron chi connectivity index (χ2n) is 7.66. The second-order valence-corrected chi connectivity index (χ2v) is 7.66. The normalized spacial score (nSPS) is 13.6. The van der Waals surface area contributed by atoms with Crippen molar-refractivity contribution in [3.8, 4) is 22.5 Å². The number of Topliss-reactive ketones (excluding diaryl/α,β-unsaturated/α-hetero) is 1. The Balaban J connectivity index is 1.86. The Morgan fingerprint density at radius 2 is 1.71 bits per heavy atom. The van der Waals surface area contributed by atoms with Crippen molar-refractivity contribution in [1.29, 1.82) is 0 Å². The quantitative estimate of drug-likeness (QED) is 0.459. The lowest BCUT2D eigenvalue weighted by Gasteiger charge is -2.07. The van der Waals surface area contributed by atoms with Gasteiger partial charge in [-0.15, -0.1) is 5.10 Å². The smallest absolute Gasteiger partial charge is 0.178 e. The lowest BCUT2D eigenvalue weighted by atomic mass is 9.97. The van der Waals surface area contributed by atoms with Crippen molar-refractivity contribution in [3.05, 3.63) is 71.4 Å². The summed E-state index contributed by atoms with van der Waals surface area (Å²) in [6.07, 6.45) is 3.20. The zero-order chi connectivity index (χ0) is 19.3. The summed E-state index contributed by atoms with van der Waals surface area (Å²) in [5, 5.41) is 4.95. The Kier molecular flexibility index (Phi) is 3.93. The van der Waals surface area contributed by atoms with Gasteiger partial charge in [-0.25, -0.2) is 4.52 Å². The minimum absolute atomic E-state index is 0.0563. The molecule has 0 spiro atoms. The zero-order valence-corrected chi connectivity index (χ0v) is 16.3. The van der Waals surface area contributed by atoms with E-state index in [4.69, 9.17) is 5.10 Å². The molecule has 1 aliphatic heterocycles. The van der Waals surface area contributed by atoms with E-state index in [0.29, 0.717) is 5.69 Å².